The highest BCUT2D eigenvalue weighted by molar-refractivity contribution is 9.09. The lowest BCUT2D eigenvalue weighted by Gasteiger charge is -2.09. The van der Waals surface area contributed by atoms with Gasteiger partial charge in [0, 0.05) is 10.9 Å². The molecule has 0 saturated heterocycles. The van der Waals surface area contributed by atoms with Crippen LogP contribution in [0, 0.1) is 5.82 Å². The van der Waals surface area contributed by atoms with Crippen LogP contribution in [0.1, 0.15) is 10.4 Å². The highest BCUT2D eigenvalue weighted by Crippen LogP contribution is 2.33. The number of H-pyrrole nitrogens is 1. The summed E-state index contributed by atoms with van der Waals surface area (Å²) < 4.78 is 19.1. The van der Waals surface area contributed by atoms with Gasteiger partial charge in [0.25, 0.3) is 5.91 Å². The molecule has 9 heteroatoms. The van der Waals surface area contributed by atoms with Gasteiger partial charge in [-0.2, -0.15) is 0 Å². The summed E-state index contributed by atoms with van der Waals surface area (Å²) in [6.45, 7) is 0.369. The van der Waals surface area contributed by atoms with Crippen molar-refractivity contribution in [2.45, 2.75) is 0 Å². The smallest absolute Gasteiger partial charge is 0.317 e. The van der Waals surface area contributed by atoms with Crippen LogP contribution in [0.2, 0.25) is 0 Å². The number of carbonyl (C=O) groups excluding carboxylic acids is 2. The number of aromatic amines is 1. The minimum atomic E-state index is -0.865. The SMILES string of the molecule is NC(=O)Nc1[nH]c(-c2cc(F)ccc2OCCBr)cc1C(N)=O. The van der Waals surface area contributed by atoms with E-state index < -0.39 is 17.8 Å². The van der Waals surface area contributed by atoms with E-state index >= 15 is 0 Å². The van der Waals surface area contributed by atoms with Crippen molar-refractivity contribution in [3.63, 3.8) is 0 Å². The number of aromatic nitrogens is 1. The third kappa shape index (κ3) is 4.01. The Morgan fingerprint density at radius 3 is 2.65 bits per heavy atom. The van der Waals surface area contributed by atoms with Crippen LogP contribution in [0.5, 0.6) is 5.75 Å². The van der Waals surface area contributed by atoms with Crippen molar-refractivity contribution < 1.29 is 18.7 Å². The maximum absolute atomic E-state index is 13.6. The van der Waals surface area contributed by atoms with Crippen LogP contribution in [0.25, 0.3) is 11.3 Å². The molecule has 1 heterocycles. The number of rotatable bonds is 6. The third-order valence-electron chi connectivity index (χ3n) is 2.90. The molecule has 0 bridgehead atoms. The first-order valence-corrected chi connectivity index (χ1v) is 7.62. The molecule has 0 atom stereocenters. The molecule has 23 heavy (non-hydrogen) atoms. The summed E-state index contributed by atoms with van der Waals surface area (Å²) in [5, 5.41) is 2.86. The van der Waals surface area contributed by atoms with Gasteiger partial charge in [-0.15, -0.1) is 0 Å². The van der Waals surface area contributed by atoms with E-state index in [9.17, 15) is 14.0 Å². The van der Waals surface area contributed by atoms with E-state index in [1.54, 1.807) is 0 Å². The van der Waals surface area contributed by atoms with E-state index in [-0.39, 0.29) is 11.4 Å². The van der Waals surface area contributed by atoms with E-state index in [2.05, 4.69) is 26.2 Å². The van der Waals surface area contributed by atoms with Gasteiger partial charge < -0.3 is 21.2 Å². The Labute approximate surface area is 139 Å². The van der Waals surface area contributed by atoms with Crippen LogP contribution >= 0.6 is 15.9 Å². The van der Waals surface area contributed by atoms with E-state index in [0.29, 0.717) is 28.9 Å². The average Bonchev–Trinajstić information content (AvgIpc) is 2.89. The fraction of sp³-hybridized carbons (Fsp3) is 0.143. The second-order valence-corrected chi connectivity index (χ2v) is 5.30. The second-order valence-electron chi connectivity index (χ2n) is 4.50. The number of anilines is 1. The van der Waals surface area contributed by atoms with Crippen molar-refractivity contribution in [2.24, 2.45) is 11.5 Å². The van der Waals surface area contributed by atoms with Gasteiger partial charge in [0.15, 0.2) is 0 Å². The highest BCUT2D eigenvalue weighted by Gasteiger charge is 2.18. The number of primary amides is 2. The fourth-order valence-corrected chi connectivity index (χ4v) is 2.16. The minimum Gasteiger partial charge on any atom is -0.492 e. The number of nitrogens with one attached hydrogen (secondary N) is 2. The molecule has 0 saturated carbocycles. The van der Waals surface area contributed by atoms with Crippen molar-refractivity contribution in [3.8, 4) is 17.0 Å². The van der Waals surface area contributed by atoms with Gasteiger partial charge in [-0.3, -0.25) is 10.1 Å². The van der Waals surface area contributed by atoms with Crippen molar-refractivity contribution in [1.82, 2.24) is 4.98 Å². The first kappa shape index (κ1) is 16.8. The van der Waals surface area contributed by atoms with E-state index in [0.717, 1.165) is 0 Å². The molecular formula is C14H14BrFN4O3. The van der Waals surface area contributed by atoms with Crippen molar-refractivity contribution in [3.05, 3.63) is 35.6 Å². The Morgan fingerprint density at radius 2 is 2.04 bits per heavy atom. The minimum absolute atomic E-state index is 0.0227. The molecule has 0 aliphatic rings. The zero-order chi connectivity index (χ0) is 17.0. The van der Waals surface area contributed by atoms with Crippen LogP contribution in [0.15, 0.2) is 24.3 Å². The standard InChI is InChI=1S/C14H14BrFN4O3/c15-3-4-23-11-2-1-7(16)5-8(11)10-6-9(12(17)21)13(19-10)20-14(18)22/h1-2,5-6,19H,3-4H2,(H2,17,21)(H3,18,20,22). The van der Waals surface area contributed by atoms with Gasteiger partial charge in [-0.1, -0.05) is 15.9 Å². The summed E-state index contributed by atoms with van der Waals surface area (Å²) in [5.74, 6) is -0.800. The molecule has 6 N–H and O–H groups in total. The Hall–Kier alpha value is -2.55. The summed E-state index contributed by atoms with van der Waals surface area (Å²) >= 11 is 3.23. The Bertz CT molecular complexity index is 748. The topological polar surface area (TPSA) is 123 Å². The number of hydrogen-bond donors (Lipinski definition) is 4. The summed E-state index contributed by atoms with van der Waals surface area (Å²) in [7, 11) is 0. The number of nitrogens with two attached hydrogens (primary N) is 2. The maximum Gasteiger partial charge on any atom is 0.317 e. The van der Waals surface area contributed by atoms with Crippen LogP contribution < -0.4 is 21.5 Å². The molecular weight excluding hydrogens is 371 g/mol. The molecule has 0 unspecified atom stereocenters. The monoisotopic (exact) mass is 384 g/mol. The molecule has 122 valence electrons. The number of halogens is 2. The molecule has 1 aromatic carbocycles. The van der Waals surface area contributed by atoms with Crippen molar-refractivity contribution >= 4 is 33.7 Å². The number of amides is 3. The summed E-state index contributed by atoms with van der Waals surface area (Å²) in [6, 6.07) is 4.50. The van der Waals surface area contributed by atoms with Crippen LogP contribution in [-0.4, -0.2) is 28.9 Å². The van der Waals surface area contributed by atoms with Crippen molar-refractivity contribution in [2.75, 3.05) is 17.3 Å². The molecule has 0 spiro atoms. The van der Waals surface area contributed by atoms with Gasteiger partial charge in [0.2, 0.25) is 0 Å². The lowest BCUT2D eigenvalue weighted by molar-refractivity contribution is 0.100. The predicted octanol–water partition coefficient (Wildman–Crippen LogP) is 2.18. The number of hydrogen-bond acceptors (Lipinski definition) is 3. The van der Waals surface area contributed by atoms with Gasteiger partial charge in [-0.25, -0.2) is 9.18 Å². The van der Waals surface area contributed by atoms with Crippen LogP contribution in [0.3, 0.4) is 0 Å². The van der Waals surface area contributed by atoms with Crippen LogP contribution in [-0.2, 0) is 0 Å². The second kappa shape index (κ2) is 7.14. The number of benzene rings is 1. The van der Waals surface area contributed by atoms with Gasteiger partial charge in [0.05, 0.1) is 17.9 Å². The van der Waals surface area contributed by atoms with Gasteiger partial charge in [-0.05, 0) is 24.3 Å². The first-order valence-electron chi connectivity index (χ1n) is 6.50. The average molecular weight is 385 g/mol. The summed E-state index contributed by atoms with van der Waals surface area (Å²) in [6.07, 6.45) is 0. The zero-order valence-electron chi connectivity index (χ0n) is 11.9. The fourth-order valence-electron chi connectivity index (χ4n) is 2.00. The van der Waals surface area contributed by atoms with Gasteiger partial charge >= 0.3 is 6.03 Å². The van der Waals surface area contributed by atoms with E-state index in [1.807, 2.05) is 0 Å². The Morgan fingerprint density at radius 1 is 1.30 bits per heavy atom. The molecule has 0 aliphatic carbocycles. The number of urea groups is 1. The maximum atomic E-state index is 13.6. The summed E-state index contributed by atoms with van der Waals surface area (Å²) in [5.41, 5.74) is 11.1. The quantitative estimate of drug-likeness (QED) is 0.570. The molecule has 2 rings (SSSR count). The largest absolute Gasteiger partial charge is 0.492 e. The molecule has 0 radical (unpaired) electrons. The molecule has 1 aromatic heterocycles. The zero-order valence-corrected chi connectivity index (χ0v) is 13.4. The van der Waals surface area contributed by atoms with Gasteiger partial charge in [0.1, 0.15) is 17.4 Å². The Balaban J connectivity index is 2.51. The van der Waals surface area contributed by atoms with E-state index in [4.69, 9.17) is 16.2 Å². The molecule has 3 amide bonds. The Kier molecular flexibility index (Phi) is 5.22. The normalized spacial score (nSPS) is 10.3. The van der Waals surface area contributed by atoms with Crippen LogP contribution in [0.4, 0.5) is 15.0 Å². The number of carbonyl (C=O) groups is 2. The highest BCUT2D eigenvalue weighted by atomic mass is 79.9. The third-order valence-corrected chi connectivity index (χ3v) is 3.22. The number of alkyl halides is 1. The predicted molar refractivity (Wildman–Crippen MR) is 87.2 cm³/mol. The first-order chi connectivity index (χ1) is 10.9. The molecule has 2 aromatic rings. The lowest BCUT2D eigenvalue weighted by atomic mass is 10.1. The molecule has 0 aliphatic heterocycles. The van der Waals surface area contributed by atoms with Crippen molar-refractivity contribution in [1.29, 1.82) is 0 Å². The number of ether oxygens (including phenoxy) is 1. The molecule has 7 nitrogen and oxygen atoms in total. The molecule has 0 fully saturated rings. The lowest BCUT2D eigenvalue weighted by Crippen LogP contribution is -2.22. The van der Waals surface area contributed by atoms with E-state index in [1.165, 1.54) is 24.3 Å². The summed E-state index contributed by atoms with van der Waals surface area (Å²) in [4.78, 5) is 25.3.